The number of aliphatic hydroxyl groups is 2. The second-order valence-corrected chi connectivity index (χ2v) is 13.1. The van der Waals surface area contributed by atoms with E-state index in [1.54, 1.807) is 31.3 Å². The van der Waals surface area contributed by atoms with Crippen LogP contribution in [0.1, 0.15) is 82.9 Å². The summed E-state index contributed by atoms with van der Waals surface area (Å²) in [5, 5.41) is 23.2. The number of ketones is 1. The molecule has 0 spiro atoms. The summed E-state index contributed by atoms with van der Waals surface area (Å²) in [7, 11) is 0. The minimum atomic E-state index is -1.27. The number of hydrogen-bond acceptors (Lipinski definition) is 8. The van der Waals surface area contributed by atoms with Crippen LogP contribution in [0, 0.1) is 24.2 Å². The number of nitrogens with zero attached hydrogens (tertiary/aromatic N) is 1. The first-order chi connectivity index (χ1) is 17.9. The number of aliphatic hydroxyl groups excluding tert-OH is 2. The van der Waals surface area contributed by atoms with E-state index in [0.29, 0.717) is 12.8 Å². The van der Waals surface area contributed by atoms with Crippen LogP contribution in [0.2, 0.25) is 0 Å². The highest BCUT2D eigenvalue weighted by molar-refractivity contribution is 7.18. The lowest BCUT2D eigenvalue weighted by atomic mass is 9.71. The van der Waals surface area contributed by atoms with Gasteiger partial charge < -0.3 is 19.7 Å². The summed E-state index contributed by atoms with van der Waals surface area (Å²) in [5.41, 5.74) is 0.115. The van der Waals surface area contributed by atoms with E-state index in [2.05, 4.69) is 18.5 Å². The number of cyclic esters (lactones) is 1. The van der Waals surface area contributed by atoms with Crippen LogP contribution >= 0.6 is 11.3 Å². The van der Waals surface area contributed by atoms with Gasteiger partial charge in [0.2, 0.25) is 0 Å². The molecule has 7 nitrogen and oxygen atoms in total. The van der Waals surface area contributed by atoms with Crippen LogP contribution in [0.5, 0.6) is 0 Å². The highest BCUT2D eigenvalue weighted by Crippen LogP contribution is 2.47. The molecule has 2 saturated heterocycles. The van der Waals surface area contributed by atoms with Crippen molar-refractivity contribution < 1.29 is 29.3 Å². The summed E-state index contributed by atoms with van der Waals surface area (Å²) in [6.07, 6.45) is 1.71. The number of thiazole rings is 1. The third-order valence-corrected chi connectivity index (χ3v) is 9.49. The van der Waals surface area contributed by atoms with E-state index in [-0.39, 0.29) is 29.8 Å². The molecule has 3 heterocycles. The lowest BCUT2D eigenvalue weighted by molar-refractivity contribution is -0.156. The number of esters is 1. The van der Waals surface area contributed by atoms with Gasteiger partial charge in [0.05, 0.1) is 51.0 Å². The molecule has 2 aliphatic heterocycles. The zero-order chi connectivity index (χ0) is 27.8. The van der Waals surface area contributed by atoms with Gasteiger partial charge in [0.25, 0.3) is 0 Å². The van der Waals surface area contributed by atoms with E-state index in [1.807, 2.05) is 32.0 Å². The van der Waals surface area contributed by atoms with Gasteiger partial charge in [0, 0.05) is 12.3 Å². The van der Waals surface area contributed by atoms with Crippen molar-refractivity contribution in [3.63, 3.8) is 0 Å². The predicted octanol–water partition coefficient (Wildman–Crippen LogP) is 5.46. The average molecular weight is 544 g/mol. The van der Waals surface area contributed by atoms with E-state index in [1.165, 1.54) is 0 Å². The van der Waals surface area contributed by atoms with Gasteiger partial charge in [-0.2, -0.15) is 0 Å². The number of aromatic nitrogens is 1. The van der Waals surface area contributed by atoms with Crippen molar-refractivity contribution in [3.05, 3.63) is 41.4 Å². The van der Waals surface area contributed by atoms with E-state index >= 15 is 0 Å². The number of aryl methyl sites for hydroxylation is 1. The van der Waals surface area contributed by atoms with Crippen LogP contribution < -0.4 is 0 Å². The largest absolute Gasteiger partial charge is 0.457 e. The Hall–Kier alpha value is -2.13. The number of benzene rings is 1. The molecule has 7 atom stereocenters. The van der Waals surface area contributed by atoms with Crippen LogP contribution in [0.25, 0.3) is 10.2 Å². The number of carbonyl (C=O) groups excluding carboxylic acids is 2. The number of rotatable bonds is 3. The Morgan fingerprint density at radius 2 is 1.97 bits per heavy atom. The maximum Gasteiger partial charge on any atom is 0.309 e. The number of ether oxygens (including phenoxy) is 2. The number of allylic oxidation sites excluding steroid dienone is 1. The van der Waals surface area contributed by atoms with Crippen molar-refractivity contribution in [1.29, 1.82) is 0 Å². The Balaban J connectivity index is 1.63. The first kappa shape index (κ1) is 28.9. The molecule has 0 amide bonds. The Labute approximate surface area is 229 Å². The monoisotopic (exact) mass is 543 g/mol. The van der Waals surface area contributed by atoms with Crippen LogP contribution in [0.15, 0.2) is 30.9 Å². The number of epoxide rings is 1. The van der Waals surface area contributed by atoms with Crippen molar-refractivity contribution in [2.24, 2.45) is 17.3 Å². The lowest BCUT2D eigenvalue weighted by Gasteiger charge is -2.35. The van der Waals surface area contributed by atoms with Gasteiger partial charge in [-0.15, -0.1) is 17.9 Å². The first-order valence-corrected chi connectivity index (χ1v) is 14.4. The van der Waals surface area contributed by atoms with Crippen LogP contribution in [-0.2, 0) is 19.1 Å². The van der Waals surface area contributed by atoms with Gasteiger partial charge in [-0.1, -0.05) is 39.3 Å². The molecule has 0 unspecified atom stereocenters. The lowest BCUT2D eigenvalue weighted by Crippen LogP contribution is -2.46. The molecular weight excluding hydrogens is 502 g/mol. The van der Waals surface area contributed by atoms with Crippen molar-refractivity contribution in [2.45, 2.75) is 103 Å². The molecule has 0 aliphatic carbocycles. The smallest absolute Gasteiger partial charge is 0.309 e. The van der Waals surface area contributed by atoms with Crippen molar-refractivity contribution >= 4 is 33.3 Å². The fourth-order valence-corrected chi connectivity index (χ4v) is 6.51. The molecule has 2 N–H and O–H groups in total. The molecular formula is C30H41NO6S. The second-order valence-electron chi connectivity index (χ2n) is 11.9. The molecule has 208 valence electrons. The molecule has 0 radical (unpaired) electrons. The van der Waals surface area contributed by atoms with Crippen LogP contribution in [-0.4, -0.2) is 50.9 Å². The maximum atomic E-state index is 13.6. The average Bonchev–Trinajstić information content (AvgIpc) is 3.32. The van der Waals surface area contributed by atoms with Gasteiger partial charge in [0.15, 0.2) is 0 Å². The number of fused-ring (bicyclic) bond motifs is 2. The van der Waals surface area contributed by atoms with E-state index in [0.717, 1.165) is 40.1 Å². The molecule has 2 aromatic rings. The van der Waals surface area contributed by atoms with Crippen molar-refractivity contribution in [2.75, 3.05) is 0 Å². The molecule has 2 aliphatic rings. The van der Waals surface area contributed by atoms with Gasteiger partial charge in [-0.05, 0) is 56.7 Å². The van der Waals surface area contributed by atoms with Gasteiger partial charge in [-0.3, -0.25) is 9.59 Å². The quantitative estimate of drug-likeness (QED) is 0.301. The molecule has 8 heteroatoms. The summed E-state index contributed by atoms with van der Waals surface area (Å²) >= 11 is 1.61. The summed E-state index contributed by atoms with van der Waals surface area (Å²) in [4.78, 5) is 31.3. The van der Waals surface area contributed by atoms with Crippen molar-refractivity contribution in [1.82, 2.24) is 4.98 Å². The van der Waals surface area contributed by atoms with Gasteiger partial charge in [0.1, 0.15) is 11.9 Å². The number of carbonyl (C=O) groups is 2. The Morgan fingerprint density at radius 3 is 2.68 bits per heavy atom. The standard InChI is InChI=1S/C30H41NO6S/c1-7-9-20-27(34)17(2)10-8-13-30(6)25(37-30)15-22(19-11-12-23-21(14-19)31-18(3)38-23)36-26(33)16-24(32)29(4,5)28(20)35/h7,11-12,14,17,20,22,24-25,27,32,34H,1,8-10,13,15-16H2,2-6H3/t17-,20+,22-,24-,25-,27+,30+/m0/s1. The number of hydrogen-bond donors (Lipinski definition) is 2. The molecule has 1 aromatic heterocycles. The Bertz CT molecular complexity index is 1190. The topological polar surface area (TPSA) is 109 Å². The summed E-state index contributed by atoms with van der Waals surface area (Å²) in [6.45, 7) is 13.0. The molecule has 4 rings (SSSR count). The normalized spacial score (nSPS) is 34.9. The maximum absolute atomic E-state index is 13.6. The molecule has 1 aromatic carbocycles. The fraction of sp³-hybridized carbons (Fsp3) is 0.633. The highest BCUT2D eigenvalue weighted by atomic mass is 32.1. The minimum Gasteiger partial charge on any atom is -0.457 e. The fourth-order valence-electron chi connectivity index (χ4n) is 5.70. The Kier molecular flexibility index (Phi) is 8.48. The van der Waals surface area contributed by atoms with Crippen molar-refractivity contribution in [3.8, 4) is 0 Å². The minimum absolute atomic E-state index is 0.0715. The molecule has 0 bridgehead atoms. The van der Waals surface area contributed by atoms with E-state index in [4.69, 9.17) is 9.47 Å². The summed E-state index contributed by atoms with van der Waals surface area (Å²) in [5.74, 6) is -1.68. The third-order valence-electron chi connectivity index (χ3n) is 8.54. The zero-order valence-electron chi connectivity index (χ0n) is 23.1. The zero-order valence-corrected chi connectivity index (χ0v) is 23.9. The van der Waals surface area contributed by atoms with Gasteiger partial charge >= 0.3 is 5.97 Å². The molecule has 38 heavy (non-hydrogen) atoms. The summed E-state index contributed by atoms with van der Waals surface area (Å²) in [6, 6.07) is 5.92. The second kappa shape index (κ2) is 11.2. The highest BCUT2D eigenvalue weighted by Gasteiger charge is 2.53. The van der Waals surface area contributed by atoms with E-state index < -0.39 is 35.6 Å². The van der Waals surface area contributed by atoms with Gasteiger partial charge in [-0.25, -0.2) is 4.98 Å². The SMILES string of the molecule is C=CC[C@H]1C(=O)C(C)(C)[C@@H](O)CC(=O)O[C@H](c2ccc3sc(C)nc3c2)C[C@@H]2O[C@]2(C)CCC[C@H](C)[C@H]1O. The Morgan fingerprint density at radius 1 is 1.24 bits per heavy atom. The third kappa shape index (κ3) is 6.03. The first-order valence-electron chi connectivity index (χ1n) is 13.6. The number of Topliss-reactive ketones (excluding diaryl/α,β-unsaturated/α-hetero) is 1. The summed E-state index contributed by atoms with van der Waals surface area (Å²) < 4.78 is 13.2. The van der Waals surface area contributed by atoms with E-state index in [9.17, 15) is 19.8 Å². The van der Waals surface area contributed by atoms with Crippen LogP contribution in [0.4, 0.5) is 0 Å². The van der Waals surface area contributed by atoms with Crippen LogP contribution in [0.3, 0.4) is 0 Å². The molecule has 2 fully saturated rings. The molecule has 0 saturated carbocycles. The predicted molar refractivity (Wildman–Crippen MR) is 148 cm³/mol.